The minimum Gasteiger partial charge on any atom is -0.328 e. The van der Waals surface area contributed by atoms with Crippen molar-refractivity contribution in [2.24, 2.45) is 11.7 Å². The summed E-state index contributed by atoms with van der Waals surface area (Å²) in [6, 6.07) is 5.32. The van der Waals surface area contributed by atoms with Crippen molar-refractivity contribution in [1.29, 1.82) is 0 Å². The van der Waals surface area contributed by atoms with Gasteiger partial charge >= 0.3 is 0 Å². The van der Waals surface area contributed by atoms with E-state index in [0.717, 1.165) is 56.2 Å². The molecule has 0 bridgehead atoms. The molecule has 1 aliphatic heterocycles. The normalized spacial score (nSPS) is 28.0. The van der Waals surface area contributed by atoms with E-state index in [9.17, 15) is 9.18 Å². The largest absolute Gasteiger partial charge is 0.328 e. The van der Waals surface area contributed by atoms with E-state index in [2.05, 4.69) is 0 Å². The fourth-order valence-corrected chi connectivity index (χ4v) is 4.85. The topological polar surface area (TPSA) is 46.3 Å². The number of anilines is 1. The molecule has 0 aromatic heterocycles. The van der Waals surface area contributed by atoms with Crippen molar-refractivity contribution in [2.75, 3.05) is 11.4 Å². The van der Waals surface area contributed by atoms with E-state index in [1.54, 1.807) is 12.1 Å². The zero-order valence-corrected chi connectivity index (χ0v) is 14.1. The second-order valence-electron chi connectivity index (χ2n) is 7.32. The minimum atomic E-state index is -0.142. The Morgan fingerprint density at radius 1 is 1.26 bits per heavy atom. The summed E-state index contributed by atoms with van der Waals surface area (Å²) in [6.45, 7) is 0.661. The Morgan fingerprint density at radius 2 is 2.00 bits per heavy atom. The van der Waals surface area contributed by atoms with Gasteiger partial charge in [-0.1, -0.05) is 18.9 Å². The van der Waals surface area contributed by atoms with Crippen molar-refractivity contribution in [1.82, 2.24) is 0 Å². The van der Waals surface area contributed by atoms with E-state index in [0.29, 0.717) is 6.54 Å². The second kappa shape index (κ2) is 6.06. The van der Waals surface area contributed by atoms with Crippen LogP contribution in [0.5, 0.6) is 0 Å². The molecular formula is C18H24ClFN2O. The quantitative estimate of drug-likeness (QED) is 0.851. The van der Waals surface area contributed by atoms with E-state index >= 15 is 0 Å². The Hall–Kier alpha value is -1.13. The third-order valence-electron chi connectivity index (χ3n) is 5.92. The first kappa shape index (κ1) is 16.7. The standard InChI is InChI=1S/C18H23FN2O.ClH/c19-14-4-3-5-15-16(14)18(8-1-2-9-18)11-21(15)17(22)12-6-7-13(20)10-12;/h3-5,12-13H,1-2,6-11,20H2;1H. The van der Waals surface area contributed by atoms with E-state index in [-0.39, 0.29) is 41.5 Å². The molecule has 0 saturated heterocycles. The fourth-order valence-electron chi connectivity index (χ4n) is 4.85. The smallest absolute Gasteiger partial charge is 0.230 e. The zero-order chi connectivity index (χ0) is 15.3. The average molecular weight is 339 g/mol. The molecule has 1 amide bonds. The number of nitrogens with two attached hydrogens (primary N) is 1. The van der Waals surface area contributed by atoms with Gasteiger partial charge in [0.15, 0.2) is 0 Å². The summed E-state index contributed by atoms with van der Waals surface area (Å²) < 4.78 is 14.5. The number of fused-ring (bicyclic) bond motifs is 2. The monoisotopic (exact) mass is 338 g/mol. The van der Waals surface area contributed by atoms with Gasteiger partial charge in [-0.15, -0.1) is 12.4 Å². The summed E-state index contributed by atoms with van der Waals surface area (Å²) in [4.78, 5) is 14.8. The predicted octanol–water partition coefficient (Wildman–Crippen LogP) is 3.53. The molecule has 1 aromatic carbocycles. The molecule has 1 aromatic rings. The van der Waals surface area contributed by atoms with Crippen LogP contribution in [0.4, 0.5) is 10.1 Å². The van der Waals surface area contributed by atoms with Crippen LogP contribution in [0, 0.1) is 11.7 Å². The van der Waals surface area contributed by atoms with Crippen molar-refractivity contribution < 1.29 is 9.18 Å². The van der Waals surface area contributed by atoms with Crippen LogP contribution in [0.15, 0.2) is 18.2 Å². The summed E-state index contributed by atoms with van der Waals surface area (Å²) in [5.41, 5.74) is 7.43. The molecule has 2 N–H and O–H groups in total. The molecule has 3 aliphatic rings. The van der Waals surface area contributed by atoms with Crippen LogP contribution < -0.4 is 10.6 Å². The van der Waals surface area contributed by atoms with Crippen LogP contribution >= 0.6 is 12.4 Å². The molecule has 4 rings (SSSR count). The molecule has 2 saturated carbocycles. The maximum absolute atomic E-state index is 14.5. The molecule has 2 atom stereocenters. The van der Waals surface area contributed by atoms with Gasteiger partial charge in [0.1, 0.15) is 5.82 Å². The lowest BCUT2D eigenvalue weighted by Gasteiger charge is -2.26. The SMILES string of the molecule is Cl.NC1CCC(C(=O)N2CC3(CCCC3)c3c(F)cccc32)C1. The van der Waals surface area contributed by atoms with Crippen LogP contribution in [0.1, 0.15) is 50.5 Å². The number of hydrogen-bond acceptors (Lipinski definition) is 2. The Labute approximate surface area is 142 Å². The maximum atomic E-state index is 14.5. The van der Waals surface area contributed by atoms with Crippen molar-refractivity contribution in [3.05, 3.63) is 29.6 Å². The highest BCUT2D eigenvalue weighted by Gasteiger charge is 2.49. The Balaban J connectivity index is 0.00000156. The third kappa shape index (κ3) is 2.56. The average Bonchev–Trinajstić information content (AvgIpc) is 3.20. The Bertz CT molecular complexity index is 615. The van der Waals surface area contributed by atoms with E-state index < -0.39 is 0 Å². The molecule has 5 heteroatoms. The molecule has 2 unspecified atom stereocenters. The number of amides is 1. The van der Waals surface area contributed by atoms with Crippen LogP contribution in [-0.4, -0.2) is 18.5 Å². The van der Waals surface area contributed by atoms with Gasteiger partial charge in [-0.3, -0.25) is 4.79 Å². The van der Waals surface area contributed by atoms with Crippen molar-refractivity contribution in [3.63, 3.8) is 0 Å². The van der Waals surface area contributed by atoms with E-state index in [4.69, 9.17) is 5.73 Å². The van der Waals surface area contributed by atoms with Crippen LogP contribution in [0.3, 0.4) is 0 Å². The van der Waals surface area contributed by atoms with Gasteiger partial charge < -0.3 is 10.6 Å². The van der Waals surface area contributed by atoms with Crippen LogP contribution in [-0.2, 0) is 10.2 Å². The molecule has 3 nitrogen and oxygen atoms in total. The highest BCUT2D eigenvalue weighted by molar-refractivity contribution is 5.98. The molecular weight excluding hydrogens is 315 g/mol. The molecule has 0 radical (unpaired) electrons. The molecule has 1 spiro atoms. The van der Waals surface area contributed by atoms with Gasteiger partial charge in [0.2, 0.25) is 5.91 Å². The first-order chi connectivity index (χ1) is 10.6. The summed E-state index contributed by atoms with van der Waals surface area (Å²) >= 11 is 0. The number of carbonyl (C=O) groups excluding carboxylic acids is 1. The zero-order valence-electron chi connectivity index (χ0n) is 13.3. The van der Waals surface area contributed by atoms with Gasteiger partial charge in [-0.05, 0) is 44.2 Å². The fraction of sp³-hybridized carbons (Fsp3) is 0.611. The lowest BCUT2D eigenvalue weighted by molar-refractivity contribution is -0.122. The molecule has 1 heterocycles. The van der Waals surface area contributed by atoms with E-state index in [1.165, 1.54) is 0 Å². The van der Waals surface area contributed by atoms with Gasteiger partial charge in [0.25, 0.3) is 0 Å². The van der Waals surface area contributed by atoms with Crippen molar-refractivity contribution in [2.45, 2.75) is 56.4 Å². The number of benzene rings is 1. The second-order valence-corrected chi connectivity index (χ2v) is 7.32. The Kier molecular flexibility index (Phi) is 4.41. The predicted molar refractivity (Wildman–Crippen MR) is 91.5 cm³/mol. The van der Waals surface area contributed by atoms with Gasteiger partial charge in [-0.2, -0.15) is 0 Å². The summed E-state index contributed by atoms with van der Waals surface area (Å²) in [7, 11) is 0. The molecule has 2 aliphatic carbocycles. The summed E-state index contributed by atoms with van der Waals surface area (Å²) in [6.07, 6.45) is 6.81. The Morgan fingerprint density at radius 3 is 2.65 bits per heavy atom. The number of nitrogens with zero attached hydrogens (tertiary/aromatic N) is 1. The highest BCUT2D eigenvalue weighted by atomic mass is 35.5. The van der Waals surface area contributed by atoms with Crippen molar-refractivity contribution in [3.8, 4) is 0 Å². The first-order valence-electron chi connectivity index (χ1n) is 8.47. The van der Waals surface area contributed by atoms with E-state index in [1.807, 2.05) is 11.0 Å². The lowest BCUT2D eigenvalue weighted by atomic mass is 9.80. The number of halogens is 2. The molecule has 23 heavy (non-hydrogen) atoms. The summed E-state index contributed by atoms with van der Waals surface area (Å²) in [5.74, 6) is 0.0315. The van der Waals surface area contributed by atoms with Crippen LogP contribution in [0.25, 0.3) is 0 Å². The number of rotatable bonds is 1. The highest BCUT2D eigenvalue weighted by Crippen LogP contribution is 2.52. The molecule has 126 valence electrons. The third-order valence-corrected chi connectivity index (χ3v) is 5.92. The van der Waals surface area contributed by atoms with Gasteiger partial charge in [0, 0.05) is 29.5 Å². The maximum Gasteiger partial charge on any atom is 0.230 e. The first-order valence-corrected chi connectivity index (χ1v) is 8.47. The van der Waals surface area contributed by atoms with Crippen LogP contribution in [0.2, 0.25) is 0 Å². The minimum absolute atomic E-state index is 0. The van der Waals surface area contributed by atoms with Gasteiger partial charge in [0.05, 0.1) is 5.69 Å². The number of hydrogen-bond donors (Lipinski definition) is 1. The lowest BCUT2D eigenvalue weighted by Crippen LogP contribution is -2.39. The number of carbonyl (C=O) groups is 1. The van der Waals surface area contributed by atoms with Crippen molar-refractivity contribution >= 4 is 24.0 Å². The summed E-state index contributed by atoms with van der Waals surface area (Å²) in [5, 5.41) is 0. The molecule has 2 fully saturated rings. The van der Waals surface area contributed by atoms with Gasteiger partial charge in [-0.25, -0.2) is 4.39 Å².